The van der Waals surface area contributed by atoms with Gasteiger partial charge in [0.15, 0.2) is 5.84 Å². The Morgan fingerprint density at radius 3 is 3.00 bits per heavy atom. The van der Waals surface area contributed by atoms with Gasteiger partial charge in [0.25, 0.3) is 0 Å². The first-order valence-electron chi connectivity index (χ1n) is 7.31. The van der Waals surface area contributed by atoms with Gasteiger partial charge in [0.05, 0.1) is 18.8 Å². The summed E-state index contributed by atoms with van der Waals surface area (Å²) in [6.07, 6.45) is 0. The van der Waals surface area contributed by atoms with Gasteiger partial charge in [0.1, 0.15) is 6.61 Å². The first-order chi connectivity index (χ1) is 9.94. The lowest BCUT2D eigenvalue weighted by Crippen LogP contribution is -2.50. The molecule has 0 spiro atoms. The van der Waals surface area contributed by atoms with E-state index in [0.29, 0.717) is 19.0 Å². The van der Waals surface area contributed by atoms with Gasteiger partial charge in [0.2, 0.25) is 0 Å². The number of morpholine rings is 1. The molecule has 2 N–H and O–H groups in total. The maximum absolute atomic E-state index is 5.93. The lowest BCUT2D eigenvalue weighted by molar-refractivity contribution is -0.0821. The Bertz CT molecular complexity index is 500. The van der Waals surface area contributed by atoms with Crippen LogP contribution in [-0.2, 0) is 16.2 Å². The zero-order chi connectivity index (χ0) is 15.3. The van der Waals surface area contributed by atoms with Crippen LogP contribution in [0.25, 0.3) is 0 Å². The first kappa shape index (κ1) is 15.8. The Balaban J connectivity index is 1.79. The zero-order valence-corrected chi connectivity index (χ0v) is 13.1. The predicted molar refractivity (Wildman–Crippen MR) is 84.1 cm³/mol. The fourth-order valence-corrected chi connectivity index (χ4v) is 2.50. The zero-order valence-electron chi connectivity index (χ0n) is 13.1. The van der Waals surface area contributed by atoms with E-state index in [1.165, 1.54) is 5.56 Å². The van der Waals surface area contributed by atoms with Crippen molar-refractivity contribution >= 4 is 5.84 Å². The summed E-state index contributed by atoms with van der Waals surface area (Å²) in [6, 6.07) is 8.16. The van der Waals surface area contributed by atoms with Crippen molar-refractivity contribution in [3.05, 3.63) is 35.4 Å². The fourth-order valence-electron chi connectivity index (χ4n) is 2.50. The summed E-state index contributed by atoms with van der Waals surface area (Å²) in [5.74, 6) is 0.500. The van der Waals surface area contributed by atoms with Gasteiger partial charge in [-0.1, -0.05) is 35.0 Å². The molecule has 1 aliphatic rings. The van der Waals surface area contributed by atoms with Crippen molar-refractivity contribution in [3.63, 3.8) is 0 Å². The summed E-state index contributed by atoms with van der Waals surface area (Å²) in [4.78, 5) is 7.57. The number of nitrogens with zero attached hydrogens (tertiary/aromatic N) is 2. The molecule has 5 heteroatoms. The van der Waals surface area contributed by atoms with Crippen LogP contribution < -0.4 is 5.73 Å². The van der Waals surface area contributed by atoms with Crippen LogP contribution in [0.15, 0.2) is 29.4 Å². The minimum atomic E-state index is -0.124. The van der Waals surface area contributed by atoms with Crippen LogP contribution in [0, 0.1) is 6.92 Å². The van der Waals surface area contributed by atoms with Crippen molar-refractivity contribution in [3.8, 4) is 0 Å². The van der Waals surface area contributed by atoms with Gasteiger partial charge in [-0.15, -0.1) is 0 Å². The number of oxime groups is 1. The maximum Gasteiger partial charge on any atom is 0.153 e. The van der Waals surface area contributed by atoms with Crippen molar-refractivity contribution in [2.24, 2.45) is 10.9 Å². The second-order valence-corrected chi connectivity index (χ2v) is 6.16. The van der Waals surface area contributed by atoms with E-state index in [9.17, 15) is 0 Å². The van der Waals surface area contributed by atoms with E-state index >= 15 is 0 Å². The first-order valence-corrected chi connectivity index (χ1v) is 7.31. The van der Waals surface area contributed by atoms with Crippen LogP contribution in [0.1, 0.15) is 25.0 Å². The molecule has 0 bridgehead atoms. The summed E-state index contributed by atoms with van der Waals surface area (Å²) in [5.41, 5.74) is 8.11. The van der Waals surface area contributed by atoms with Crippen LogP contribution in [0.2, 0.25) is 0 Å². The third-order valence-electron chi connectivity index (χ3n) is 3.39. The van der Waals surface area contributed by atoms with E-state index in [1.807, 2.05) is 12.1 Å². The SMILES string of the molecule is Cc1cccc(CO/N=C(/N)CN2CCOC(C)(C)C2)c1. The van der Waals surface area contributed by atoms with Crippen molar-refractivity contribution in [2.45, 2.75) is 33.0 Å². The molecule has 2 rings (SSSR count). The molecular weight excluding hydrogens is 266 g/mol. The van der Waals surface area contributed by atoms with Crippen LogP contribution >= 0.6 is 0 Å². The highest BCUT2D eigenvalue weighted by Crippen LogP contribution is 2.15. The third-order valence-corrected chi connectivity index (χ3v) is 3.39. The highest BCUT2D eigenvalue weighted by atomic mass is 16.6. The minimum Gasteiger partial charge on any atom is -0.389 e. The van der Waals surface area contributed by atoms with Crippen molar-refractivity contribution in [2.75, 3.05) is 26.2 Å². The van der Waals surface area contributed by atoms with Gasteiger partial charge in [-0.25, -0.2) is 0 Å². The molecular formula is C16H25N3O2. The summed E-state index contributed by atoms with van der Waals surface area (Å²) < 4.78 is 5.67. The number of hydrogen-bond donors (Lipinski definition) is 1. The largest absolute Gasteiger partial charge is 0.389 e. The van der Waals surface area contributed by atoms with Gasteiger partial charge in [-0.3, -0.25) is 4.90 Å². The average Bonchev–Trinajstić information content (AvgIpc) is 2.37. The second kappa shape index (κ2) is 6.91. The molecule has 1 saturated heterocycles. The smallest absolute Gasteiger partial charge is 0.153 e. The van der Waals surface area contributed by atoms with E-state index in [4.69, 9.17) is 15.3 Å². The standard InChI is InChI=1S/C16H25N3O2/c1-13-5-4-6-14(9-13)11-21-18-15(17)10-19-7-8-20-16(2,3)12-19/h4-6,9H,7-8,10-12H2,1-3H3,(H2,17,18). The molecule has 0 unspecified atom stereocenters. The van der Waals surface area contributed by atoms with Crippen LogP contribution in [0.5, 0.6) is 0 Å². The summed E-state index contributed by atoms with van der Waals surface area (Å²) >= 11 is 0. The third kappa shape index (κ3) is 5.36. The van der Waals surface area contributed by atoms with Gasteiger partial charge < -0.3 is 15.3 Å². The molecule has 1 aromatic carbocycles. The van der Waals surface area contributed by atoms with Crippen molar-refractivity contribution < 1.29 is 9.57 Å². The molecule has 0 aliphatic carbocycles. The lowest BCUT2D eigenvalue weighted by atomic mass is 10.1. The topological polar surface area (TPSA) is 60.1 Å². The molecule has 1 fully saturated rings. The number of aryl methyl sites for hydroxylation is 1. The molecule has 1 aliphatic heterocycles. The van der Waals surface area contributed by atoms with Gasteiger partial charge >= 0.3 is 0 Å². The minimum absolute atomic E-state index is 0.124. The maximum atomic E-state index is 5.93. The molecule has 1 aromatic rings. The molecule has 5 nitrogen and oxygen atoms in total. The Hall–Kier alpha value is -1.59. The number of rotatable bonds is 5. The molecule has 0 atom stereocenters. The Kier molecular flexibility index (Phi) is 5.20. The van der Waals surface area contributed by atoms with E-state index in [0.717, 1.165) is 25.3 Å². The highest BCUT2D eigenvalue weighted by molar-refractivity contribution is 5.81. The number of nitrogens with two attached hydrogens (primary N) is 1. The highest BCUT2D eigenvalue weighted by Gasteiger charge is 2.27. The van der Waals surface area contributed by atoms with Crippen molar-refractivity contribution in [1.29, 1.82) is 0 Å². The number of hydrogen-bond acceptors (Lipinski definition) is 4. The molecule has 0 amide bonds. The number of amidine groups is 1. The van der Waals surface area contributed by atoms with Crippen LogP contribution in [0.4, 0.5) is 0 Å². The van der Waals surface area contributed by atoms with Gasteiger partial charge in [-0.2, -0.15) is 0 Å². The summed E-state index contributed by atoms with van der Waals surface area (Å²) in [6.45, 7) is 9.73. The van der Waals surface area contributed by atoms with Crippen LogP contribution in [0.3, 0.4) is 0 Å². The monoisotopic (exact) mass is 291 g/mol. The number of benzene rings is 1. The number of ether oxygens (including phenoxy) is 1. The lowest BCUT2D eigenvalue weighted by Gasteiger charge is -2.37. The molecule has 116 valence electrons. The van der Waals surface area contributed by atoms with E-state index in [-0.39, 0.29) is 5.60 Å². The van der Waals surface area contributed by atoms with E-state index in [2.05, 4.69) is 43.0 Å². The van der Waals surface area contributed by atoms with Gasteiger partial charge in [-0.05, 0) is 26.3 Å². The van der Waals surface area contributed by atoms with Crippen LogP contribution in [-0.4, -0.2) is 42.6 Å². The van der Waals surface area contributed by atoms with Gasteiger partial charge in [0, 0.05) is 13.1 Å². The quantitative estimate of drug-likeness (QED) is 0.511. The normalized spacial score (nSPS) is 19.5. The summed E-state index contributed by atoms with van der Waals surface area (Å²) in [7, 11) is 0. The van der Waals surface area contributed by atoms with E-state index in [1.54, 1.807) is 0 Å². The average molecular weight is 291 g/mol. The summed E-state index contributed by atoms with van der Waals surface area (Å²) in [5, 5.41) is 4.00. The van der Waals surface area contributed by atoms with Crippen molar-refractivity contribution in [1.82, 2.24) is 4.90 Å². The molecule has 0 saturated carbocycles. The molecule has 0 radical (unpaired) electrons. The molecule has 1 heterocycles. The Morgan fingerprint density at radius 2 is 2.29 bits per heavy atom. The van der Waals surface area contributed by atoms with E-state index < -0.39 is 0 Å². The molecule has 0 aromatic heterocycles. The Morgan fingerprint density at radius 1 is 1.48 bits per heavy atom. The Labute approximate surface area is 126 Å². The predicted octanol–water partition coefficient (Wildman–Crippen LogP) is 1.89. The second-order valence-electron chi connectivity index (χ2n) is 6.16. The molecule has 21 heavy (non-hydrogen) atoms. The fraction of sp³-hybridized carbons (Fsp3) is 0.562.